The van der Waals surface area contributed by atoms with Gasteiger partial charge in [-0.1, -0.05) is 150 Å². The standard InChI is InChI=1S/C70H106N10O10S2/c1-38(2)63(11,12)35-42(6)67(19)59(86)76-55(65(15,16)90)58(85)80(71)51(56(83)74-54(45(9)81)46(10)82)37-91-92-66(17,18)70(22,79-60(87)68(20,72-23)44(8)48-33-27-25-30-40(48)4)61(88)75-53(43(7)47-32-26-24-29-39(47)3)57(84)77-69(21,62(89)78-67)64(13,14)49-36-73-50-34-28-31-41(5)52(49)50/h24-34,36,38,42-46,51,53-55,71-73,81-82,90H,35,37H2,1-23H3,(H5-,74,75,76,77,78,79,83,84,86,87,88,89)/p+1/t42?,43?,44?,45-,46?,51+,53+,54?,55-,67+,68-,69+,70-/m1/s1/i15D3,55D/t42?,43?,44?,45-,46?,51+,53+,54?,55-,65+,67+,68-,69+,70-. The topological polar surface area (TPSA) is 307 Å². The molecule has 0 radical (unpaired) electrons. The number of amides is 7. The molecule has 0 spiro atoms. The van der Waals surface area contributed by atoms with Crippen molar-refractivity contribution < 1.29 is 59.1 Å². The summed E-state index contributed by atoms with van der Waals surface area (Å²) < 4.78 is 34.4. The van der Waals surface area contributed by atoms with E-state index < -0.39 is 151 Å². The first-order valence-electron chi connectivity index (χ1n) is 33.6. The fourth-order valence-corrected chi connectivity index (χ4v) is 15.1. The number of aromatic amines is 1. The summed E-state index contributed by atoms with van der Waals surface area (Å²) in [5.41, 5.74) is 0.736. The summed E-state index contributed by atoms with van der Waals surface area (Å²) in [5.74, 6) is -11.3. The van der Waals surface area contributed by atoms with Crippen molar-refractivity contribution in [1.82, 2.24) is 42.2 Å². The molecule has 92 heavy (non-hydrogen) atoms. The molecule has 508 valence electrons. The van der Waals surface area contributed by atoms with Crippen LogP contribution in [0.3, 0.4) is 0 Å². The molecular weight excluding hydrogens is 1200 g/mol. The van der Waals surface area contributed by atoms with Crippen molar-refractivity contribution in [2.45, 2.75) is 245 Å². The molecule has 1 fully saturated rings. The third-order valence-corrected chi connectivity index (χ3v) is 24.2. The summed E-state index contributed by atoms with van der Waals surface area (Å²) >= 11 is 0. The number of carbonyl (C=O) groups excluding carboxylic acids is 7. The molecule has 3 aromatic carbocycles. The van der Waals surface area contributed by atoms with Crippen LogP contribution in [0.25, 0.3) is 10.9 Å². The fourth-order valence-electron chi connectivity index (χ4n) is 12.1. The maximum atomic E-state index is 16.7. The normalized spacial score (nSPS) is 27.7. The Kier molecular flexibility index (Phi) is 22.0. The second kappa shape index (κ2) is 28.8. The first-order valence-corrected chi connectivity index (χ1v) is 33.9. The lowest BCUT2D eigenvalue weighted by Crippen LogP contribution is -2.74. The van der Waals surface area contributed by atoms with E-state index in [9.17, 15) is 27.0 Å². The Labute approximate surface area is 559 Å². The molecule has 1 aliphatic rings. The van der Waals surface area contributed by atoms with Gasteiger partial charge in [0.1, 0.15) is 28.2 Å². The summed E-state index contributed by atoms with van der Waals surface area (Å²) in [6.45, 7) is 30.7. The van der Waals surface area contributed by atoms with E-state index >= 15 is 28.8 Å². The van der Waals surface area contributed by atoms with Crippen molar-refractivity contribution >= 4 is 73.8 Å². The molecule has 0 aliphatic carbocycles. The van der Waals surface area contributed by atoms with E-state index in [1.165, 1.54) is 34.6 Å². The zero-order valence-electron chi connectivity index (χ0n) is 62.0. The third kappa shape index (κ3) is 15.5. The number of rotatable bonds is 18. The van der Waals surface area contributed by atoms with Crippen molar-refractivity contribution in [3.05, 3.63) is 106 Å². The Balaban J connectivity index is 1.98. The minimum Gasteiger partial charge on any atom is -0.391 e. The van der Waals surface area contributed by atoms with Crippen LogP contribution in [-0.2, 0) is 39.0 Å². The van der Waals surface area contributed by atoms with E-state index in [-0.39, 0.29) is 17.0 Å². The van der Waals surface area contributed by atoms with Crippen molar-refractivity contribution in [1.29, 1.82) is 5.53 Å². The molecule has 0 saturated carbocycles. The molecule has 5 unspecified atom stereocenters. The van der Waals surface area contributed by atoms with Gasteiger partial charge in [-0.25, -0.2) is 4.79 Å². The van der Waals surface area contributed by atoms with Gasteiger partial charge in [-0.15, -0.1) is 0 Å². The highest BCUT2D eigenvalue weighted by atomic mass is 33.1. The minimum absolute atomic E-state index is 0.0566. The number of benzene rings is 3. The van der Waals surface area contributed by atoms with Gasteiger partial charge < -0.3 is 57.5 Å². The van der Waals surface area contributed by atoms with Crippen LogP contribution in [0.5, 0.6) is 0 Å². The van der Waals surface area contributed by atoms with E-state index in [2.05, 4.69) is 42.2 Å². The van der Waals surface area contributed by atoms with Crippen LogP contribution in [0, 0.1) is 43.6 Å². The summed E-state index contributed by atoms with van der Waals surface area (Å²) in [6, 6.07) is 11.3. The molecular formula is C70H107N10O10S2+. The smallest absolute Gasteiger partial charge is 0.391 e. The number of fused-ring (bicyclic) bond motifs is 1. The average Bonchev–Trinajstić information content (AvgIpc) is 1.17. The quantitative estimate of drug-likeness (QED) is 0.0329. The Hall–Kier alpha value is -6.17. The zero-order valence-corrected chi connectivity index (χ0v) is 59.6. The molecule has 0 bridgehead atoms. The fraction of sp³-hybridized carbons (Fsp3) is 0.614. The molecule has 1 aromatic heterocycles. The number of carbonyl (C=O) groups is 7. The van der Waals surface area contributed by atoms with Gasteiger partial charge in [0.05, 0.1) is 35.7 Å². The average molecular weight is 1320 g/mol. The molecule has 1 saturated heterocycles. The van der Waals surface area contributed by atoms with Crippen LogP contribution in [-0.4, -0.2) is 148 Å². The maximum Gasteiger partial charge on any atom is 0.437 e. The Morgan fingerprint density at radius 2 is 1.34 bits per heavy atom. The number of H-pyrrole nitrogens is 1. The number of likely N-dealkylation sites (N-methyl/N-ethyl adjacent to an activating group) is 1. The van der Waals surface area contributed by atoms with Crippen molar-refractivity contribution in [3.63, 3.8) is 0 Å². The van der Waals surface area contributed by atoms with Gasteiger partial charge in [0.15, 0.2) is 6.02 Å². The Morgan fingerprint density at radius 3 is 1.87 bits per heavy atom. The number of nitrogens with one attached hydrogen (secondary N) is 9. The van der Waals surface area contributed by atoms with Crippen LogP contribution < -0.4 is 37.2 Å². The molecule has 5 rings (SSSR count). The molecule has 12 N–H and O–H groups in total. The van der Waals surface area contributed by atoms with Gasteiger partial charge in [-0.05, 0) is 165 Å². The van der Waals surface area contributed by atoms with Gasteiger partial charge >= 0.3 is 5.91 Å². The molecule has 7 amide bonds. The molecule has 14 atom stereocenters. The number of aliphatic hydroxyl groups excluding tert-OH is 2. The second-order valence-electron chi connectivity index (χ2n) is 28.5. The number of aliphatic hydroxyl groups is 3. The molecule has 2 heterocycles. The number of aromatic nitrogens is 1. The molecule has 20 nitrogen and oxygen atoms in total. The lowest BCUT2D eigenvalue weighted by molar-refractivity contribution is -0.556. The summed E-state index contributed by atoms with van der Waals surface area (Å²) in [6.07, 6.45) is -1.06. The van der Waals surface area contributed by atoms with E-state index in [0.29, 0.717) is 29.0 Å². The molecule has 4 aromatic rings. The van der Waals surface area contributed by atoms with Crippen molar-refractivity contribution in [2.24, 2.45) is 17.3 Å². The predicted octanol–water partition coefficient (Wildman–Crippen LogP) is 8.39. The van der Waals surface area contributed by atoms with E-state index in [4.69, 9.17) is 4.11 Å². The number of nitrogens with zero attached hydrogens (tertiary/aromatic N) is 1. The first-order chi connectivity index (χ1) is 43.8. The van der Waals surface area contributed by atoms with Gasteiger partial charge in [0.25, 0.3) is 11.9 Å². The SMILES string of the molecule is [2H]C([2H])([2H])[C@@](C)(O)[C@]1([2H])NC(=O)[C@](C)(C(C)CC(C)(C)C(C)C)NC(=O)[C@@](C)(C(C)(C)c2c[nH]c3cccc(C)c23)NC(=O)[C@H](C(C)c2ccccc2C)NC(=O)[C@@](C)(NC(=O)[C@](C)(NC)C(C)c2ccccc2C)C(C)(C)SSC[C@@H](C(=O)NC(C(C)O)[C@@H](C)O)[N+](=N)C1=O. The van der Waals surface area contributed by atoms with Gasteiger partial charge in [0.2, 0.25) is 29.5 Å². The van der Waals surface area contributed by atoms with E-state index in [1.54, 1.807) is 73.8 Å². The van der Waals surface area contributed by atoms with E-state index in [1.807, 2.05) is 110 Å². The predicted molar refractivity (Wildman–Crippen MR) is 366 cm³/mol. The summed E-state index contributed by atoms with van der Waals surface area (Å²) in [4.78, 5) is 115. The number of aryl methyl sites for hydroxylation is 3. The highest BCUT2D eigenvalue weighted by molar-refractivity contribution is 8.77. The Morgan fingerprint density at radius 1 is 0.783 bits per heavy atom. The Bertz CT molecular complexity index is 3570. The number of hydrogen-bond acceptors (Lipinski definition) is 14. The van der Waals surface area contributed by atoms with Crippen LogP contribution in [0.1, 0.15) is 189 Å². The van der Waals surface area contributed by atoms with Gasteiger partial charge in [0, 0.05) is 38.5 Å². The summed E-state index contributed by atoms with van der Waals surface area (Å²) in [5, 5.41) is 55.0. The van der Waals surface area contributed by atoms with Crippen LogP contribution >= 0.6 is 21.6 Å². The van der Waals surface area contributed by atoms with Crippen LogP contribution in [0.2, 0.25) is 0 Å². The van der Waals surface area contributed by atoms with Crippen molar-refractivity contribution in [3.8, 4) is 0 Å². The molecule has 1 aliphatic heterocycles. The van der Waals surface area contributed by atoms with Gasteiger partial charge in [-0.3, -0.25) is 28.8 Å². The van der Waals surface area contributed by atoms with E-state index in [0.717, 1.165) is 43.8 Å². The van der Waals surface area contributed by atoms with Crippen LogP contribution in [0.15, 0.2) is 72.9 Å². The number of hydrogen-bond donors (Lipinski definition) is 12. The lowest BCUT2D eigenvalue weighted by Gasteiger charge is -2.48. The van der Waals surface area contributed by atoms with Gasteiger partial charge in [-0.2, -0.15) is 0 Å². The zero-order chi connectivity index (χ0) is 73.4. The summed E-state index contributed by atoms with van der Waals surface area (Å²) in [7, 11) is 3.31. The lowest BCUT2D eigenvalue weighted by atomic mass is 9.66. The first kappa shape index (κ1) is 70.2. The second-order valence-corrected chi connectivity index (χ2v) is 31.5. The largest absolute Gasteiger partial charge is 0.437 e. The highest BCUT2D eigenvalue weighted by Crippen LogP contribution is 2.46. The third-order valence-electron chi connectivity index (χ3n) is 20.8. The minimum atomic E-state index is -3.84. The maximum absolute atomic E-state index is 16.7. The molecule has 22 heteroatoms. The van der Waals surface area contributed by atoms with Crippen molar-refractivity contribution in [2.75, 3.05) is 12.8 Å². The highest BCUT2D eigenvalue weighted by Gasteiger charge is 2.58. The van der Waals surface area contributed by atoms with Crippen LogP contribution in [0.4, 0.5) is 0 Å². The monoisotopic (exact) mass is 1320 g/mol.